The highest BCUT2D eigenvalue weighted by molar-refractivity contribution is 5.79. The highest BCUT2D eigenvalue weighted by atomic mass is 19.1. The van der Waals surface area contributed by atoms with Crippen LogP contribution < -0.4 is 5.56 Å². The van der Waals surface area contributed by atoms with E-state index in [1.165, 1.54) is 18.3 Å². The normalized spacial score (nSPS) is 17.8. The number of nitrogens with zero attached hydrogens (tertiary/aromatic N) is 2. The molecule has 0 bridgehead atoms. The number of aryl methyl sites for hydroxylation is 1. The van der Waals surface area contributed by atoms with Crippen LogP contribution in [0.2, 0.25) is 0 Å². The Hall–Kier alpha value is -2.50. The van der Waals surface area contributed by atoms with E-state index < -0.39 is 0 Å². The molecular weight excluding hydrogens is 309 g/mol. The third kappa shape index (κ3) is 3.53. The van der Waals surface area contributed by atoms with Crippen molar-refractivity contribution in [3.8, 4) is 0 Å². The van der Waals surface area contributed by atoms with Gasteiger partial charge in [0.15, 0.2) is 0 Å². The zero-order chi connectivity index (χ0) is 17.1. The number of amides is 1. The van der Waals surface area contributed by atoms with Crippen molar-refractivity contribution in [2.75, 3.05) is 6.54 Å². The fraction of sp³-hybridized carbons (Fsp3) is 0.389. The molecule has 5 nitrogen and oxygen atoms in total. The molecule has 1 aliphatic heterocycles. The molecule has 6 heteroatoms. The predicted octanol–water partition coefficient (Wildman–Crippen LogP) is 2.51. The summed E-state index contributed by atoms with van der Waals surface area (Å²) in [4.78, 5) is 33.1. The van der Waals surface area contributed by atoms with E-state index >= 15 is 0 Å². The molecule has 1 aromatic heterocycles. The first kappa shape index (κ1) is 16.4. The number of piperidine rings is 1. The van der Waals surface area contributed by atoms with Crippen molar-refractivity contribution in [2.45, 2.75) is 38.6 Å². The van der Waals surface area contributed by atoms with E-state index in [1.54, 1.807) is 24.0 Å². The molecule has 2 aromatic rings. The number of aromatic nitrogens is 2. The van der Waals surface area contributed by atoms with Crippen molar-refractivity contribution in [1.82, 2.24) is 14.9 Å². The Bertz CT molecular complexity index is 786. The molecule has 1 aliphatic rings. The van der Waals surface area contributed by atoms with Crippen LogP contribution in [0.15, 0.2) is 35.3 Å². The highest BCUT2D eigenvalue weighted by Crippen LogP contribution is 2.31. The molecular formula is C18H20FN3O2. The molecule has 0 radical (unpaired) electrons. The van der Waals surface area contributed by atoms with Crippen LogP contribution in [-0.4, -0.2) is 27.3 Å². The summed E-state index contributed by atoms with van der Waals surface area (Å²) in [7, 11) is 0. The average Bonchev–Trinajstić information content (AvgIpc) is 2.58. The standard InChI is InChI=1S/C18H20FN3O2/c1-12-20-11-14(18(24)21-12)10-17(23)22-9-3-2-4-16(22)13-5-7-15(19)8-6-13/h5-8,11,16H,2-4,9-10H2,1H3,(H,20,21,24)/t16-/m1/s1. The summed E-state index contributed by atoms with van der Waals surface area (Å²) < 4.78 is 13.1. The lowest BCUT2D eigenvalue weighted by Gasteiger charge is -2.36. The number of hydrogen-bond donors (Lipinski definition) is 1. The number of carbonyl (C=O) groups is 1. The minimum atomic E-state index is -0.287. The Morgan fingerprint density at radius 1 is 1.33 bits per heavy atom. The fourth-order valence-electron chi connectivity index (χ4n) is 3.16. The lowest BCUT2D eigenvalue weighted by atomic mass is 9.94. The van der Waals surface area contributed by atoms with E-state index in [2.05, 4.69) is 9.97 Å². The molecule has 1 fully saturated rings. The van der Waals surface area contributed by atoms with Gasteiger partial charge in [0.1, 0.15) is 11.6 Å². The monoisotopic (exact) mass is 329 g/mol. The van der Waals surface area contributed by atoms with Crippen molar-refractivity contribution < 1.29 is 9.18 Å². The van der Waals surface area contributed by atoms with Gasteiger partial charge in [-0.3, -0.25) is 9.59 Å². The highest BCUT2D eigenvalue weighted by Gasteiger charge is 2.28. The van der Waals surface area contributed by atoms with E-state index in [0.717, 1.165) is 24.8 Å². The summed E-state index contributed by atoms with van der Waals surface area (Å²) in [5.74, 6) is 0.142. The number of carbonyl (C=O) groups excluding carboxylic acids is 1. The summed E-state index contributed by atoms with van der Waals surface area (Å²) >= 11 is 0. The van der Waals surface area contributed by atoms with Gasteiger partial charge in [-0.1, -0.05) is 12.1 Å². The predicted molar refractivity (Wildman–Crippen MR) is 88.0 cm³/mol. The summed E-state index contributed by atoms with van der Waals surface area (Å²) in [5.41, 5.74) is 1.03. The second kappa shape index (κ2) is 6.95. The van der Waals surface area contributed by atoms with Crippen LogP contribution in [-0.2, 0) is 11.2 Å². The van der Waals surface area contributed by atoms with Crippen LogP contribution in [0.5, 0.6) is 0 Å². The van der Waals surface area contributed by atoms with Crippen molar-refractivity contribution in [3.05, 3.63) is 63.6 Å². The lowest BCUT2D eigenvalue weighted by Crippen LogP contribution is -2.40. The molecule has 1 saturated heterocycles. The van der Waals surface area contributed by atoms with Gasteiger partial charge >= 0.3 is 0 Å². The zero-order valence-corrected chi connectivity index (χ0v) is 13.6. The zero-order valence-electron chi connectivity index (χ0n) is 13.6. The molecule has 1 aromatic carbocycles. The maximum Gasteiger partial charge on any atom is 0.254 e. The molecule has 1 amide bonds. The van der Waals surface area contributed by atoms with Crippen molar-refractivity contribution in [1.29, 1.82) is 0 Å². The van der Waals surface area contributed by atoms with Gasteiger partial charge in [0.25, 0.3) is 5.56 Å². The number of halogens is 1. The van der Waals surface area contributed by atoms with E-state index in [1.807, 2.05) is 0 Å². The summed E-state index contributed by atoms with van der Waals surface area (Å²) in [6.45, 7) is 2.35. The lowest BCUT2D eigenvalue weighted by molar-refractivity contribution is -0.134. The minimum absolute atomic E-state index is 0.0281. The molecule has 1 atom stereocenters. The molecule has 24 heavy (non-hydrogen) atoms. The van der Waals surface area contributed by atoms with E-state index in [9.17, 15) is 14.0 Å². The first-order chi connectivity index (χ1) is 11.5. The Labute approximate surface area is 139 Å². The van der Waals surface area contributed by atoms with Gasteiger partial charge in [-0.25, -0.2) is 9.37 Å². The van der Waals surface area contributed by atoms with E-state index in [0.29, 0.717) is 17.9 Å². The third-order valence-corrected chi connectivity index (χ3v) is 4.42. The van der Waals surface area contributed by atoms with Crippen LogP contribution in [0.25, 0.3) is 0 Å². The van der Waals surface area contributed by atoms with Gasteiger partial charge < -0.3 is 9.88 Å². The van der Waals surface area contributed by atoms with Crippen LogP contribution in [0.1, 0.15) is 42.3 Å². The third-order valence-electron chi connectivity index (χ3n) is 4.42. The largest absolute Gasteiger partial charge is 0.335 e. The van der Waals surface area contributed by atoms with Crippen molar-refractivity contribution >= 4 is 5.91 Å². The fourth-order valence-corrected chi connectivity index (χ4v) is 3.16. The van der Waals surface area contributed by atoms with E-state index in [-0.39, 0.29) is 29.7 Å². The van der Waals surface area contributed by atoms with Crippen LogP contribution in [0.4, 0.5) is 4.39 Å². The number of likely N-dealkylation sites (tertiary alicyclic amines) is 1. The van der Waals surface area contributed by atoms with Gasteiger partial charge in [0.2, 0.25) is 5.91 Å². The van der Waals surface area contributed by atoms with Gasteiger partial charge in [-0.05, 0) is 43.9 Å². The van der Waals surface area contributed by atoms with Gasteiger partial charge in [0, 0.05) is 18.3 Å². The molecule has 1 N–H and O–H groups in total. The molecule has 0 unspecified atom stereocenters. The first-order valence-corrected chi connectivity index (χ1v) is 8.14. The number of aromatic amines is 1. The van der Waals surface area contributed by atoms with Crippen LogP contribution in [0.3, 0.4) is 0 Å². The Morgan fingerprint density at radius 2 is 2.08 bits per heavy atom. The smallest absolute Gasteiger partial charge is 0.254 e. The summed E-state index contributed by atoms with van der Waals surface area (Å²) in [5, 5.41) is 0. The van der Waals surface area contributed by atoms with Gasteiger partial charge in [0.05, 0.1) is 12.5 Å². The Kier molecular flexibility index (Phi) is 4.74. The quantitative estimate of drug-likeness (QED) is 0.941. The van der Waals surface area contributed by atoms with Gasteiger partial charge in [-0.2, -0.15) is 0 Å². The maximum atomic E-state index is 13.1. The van der Waals surface area contributed by atoms with Crippen molar-refractivity contribution in [3.63, 3.8) is 0 Å². The molecule has 2 heterocycles. The van der Waals surface area contributed by atoms with Crippen LogP contribution in [0, 0.1) is 12.7 Å². The molecule has 126 valence electrons. The first-order valence-electron chi connectivity index (χ1n) is 8.14. The van der Waals surface area contributed by atoms with Crippen LogP contribution >= 0.6 is 0 Å². The molecule has 0 saturated carbocycles. The second-order valence-electron chi connectivity index (χ2n) is 6.15. The summed E-state index contributed by atoms with van der Waals surface area (Å²) in [6, 6.07) is 6.23. The number of rotatable bonds is 3. The van der Waals surface area contributed by atoms with Gasteiger partial charge in [-0.15, -0.1) is 0 Å². The number of H-pyrrole nitrogens is 1. The number of nitrogens with one attached hydrogen (secondary N) is 1. The maximum absolute atomic E-state index is 13.1. The SMILES string of the molecule is Cc1ncc(CC(=O)N2CCCC[C@@H]2c2ccc(F)cc2)c(=O)[nH]1. The number of hydrogen-bond acceptors (Lipinski definition) is 3. The van der Waals surface area contributed by atoms with E-state index in [4.69, 9.17) is 0 Å². The number of benzene rings is 1. The Morgan fingerprint density at radius 3 is 2.79 bits per heavy atom. The molecule has 0 aliphatic carbocycles. The summed E-state index contributed by atoms with van der Waals surface area (Å²) in [6.07, 6.45) is 4.30. The minimum Gasteiger partial charge on any atom is -0.335 e. The topological polar surface area (TPSA) is 66.1 Å². The Balaban J connectivity index is 1.80. The molecule has 3 rings (SSSR count). The van der Waals surface area contributed by atoms with Crippen molar-refractivity contribution in [2.24, 2.45) is 0 Å². The molecule has 0 spiro atoms. The average molecular weight is 329 g/mol. The second-order valence-corrected chi connectivity index (χ2v) is 6.15.